The van der Waals surface area contributed by atoms with E-state index in [1.807, 2.05) is 6.08 Å². The Morgan fingerprint density at radius 2 is 2.56 bits per heavy atom. The van der Waals surface area contributed by atoms with Crippen LogP contribution in [0.2, 0.25) is 0 Å². The van der Waals surface area contributed by atoms with Gasteiger partial charge in [-0.05, 0) is 24.2 Å². The molecule has 0 aromatic rings. The van der Waals surface area contributed by atoms with Gasteiger partial charge in [-0.15, -0.1) is 0 Å². The van der Waals surface area contributed by atoms with Gasteiger partial charge in [0, 0.05) is 5.25 Å². The van der Waals surface area contributed by atoms with Crippen molar-refractivity contribution < 1.29 is 0 Å². The van der Waals surface area contributed by atoms with Gasteiger partial charge in [-0.3, -0.25) is 0 Å². The maximum absolute atomic E-state index is 3.14. The molecule has 0 aromatic carbocycles. The molecule has 1 aliphatic carbocycles. The van der Waals surface area contributed by atoms with Crippen LogP contribution in [0.4, 0.5) is 0 Å². The highest BCUT2D eigenvalue weighted by atomic mass is 32.2. The number of hydrogen-bond donors (Lipinski definition) is 0. The summed E-state index contributed by atoms with van der Waals surface area (Å²) < 4.78 is 0. The van der Waals surface area contributed by atoms with Gasteiger partial charge < -0.3 is 0 Å². The minimum Gasteiger partial charge on any atom is -0.154 e. The van der Waals surface area contributed by atoms with E-state index in [2.05, 4.69) is 30.0 Å². The standard InChI is InChI=1S/C8H9S/c1-2-4-8-7(3-1)5-6-9-8/h2-4,7-8H,5-6H2. The molecule has 2 aliphatic rings. The fourth-order valence-electron chi connectivity index (χ4n) is 1.33. The lowest BCUT2D eigenvalue weighted by Gasteiger charge is -2.12. The second kappa shape index (κ2) is 2.22. The SMILES string of the molecule is [C]1=CC2CCSC2C=C1. The summed E-state index contributed by atoms with van der Waals surface area (Å²) in [6.07, 6.45) is 11.0. The second-order valence-corrected chi connectivity index (χ2v) is 3.77. The molecule has 0 N–H and O–H groups in total. The van der Waals surface area contributed by atoms with E-state index < -0.39 is 0 Å². The summed E-state index contributed by atoms with van der Waals surface area (Å²) in [6, 6.07) is 0. The highest BCUT2D eigenvalue weighted by Crippen LogP contribution is 2.35. The van der Waals surface area contributed by atoms with Crippen molar-refractivity contribution in [3.63, 3.8) is 0 Å². The Balaban J connectivity index is 2.18. The molecule has 0 spiro atoms. The van der Waals surface area contributed by atoms with Crippen LogP contribution < -0.4 is 0 Å². The minimum atomic E-state index is 0.784. The van der Waals surface area contributed by atoms with Crippen molar-refractivity contribution in [3.05, 3.63) is 24.3 Å². The summed E-state index contributed by atoms with van der Waals surface area (Å²) in [7, 11) is 0. The first-order chi connectivity index (χ1) is 4.47. The van der Waals surface area contributed by atoms with E-state index in [0.717, 1.165) is 11.2 Å². The lowest BCUT2D eigenvalue weighted by atomic mass is 9.98. The molecule has 1 saturated heterocycles. The minimum absolute atomic E-state index is 0.784. The van der Waals surface area contributed by atoms with E-state index in [4.69, 9.17) is 0 Å². The number of fused-ring (bicyclic) bond motifs is 1. The maximum atomic E-state index is 3.14. The Morgan fingerprint density at radius 3 is 3.44 bits per heavy atom. The van der Waals surface area contributed by atoms with E-state index >= 15 is 0 Å². The van der Waals surface area contributed by atoms with Crippen molar-refractivity contribution in [1.82, 2.24) is 0 Å². The van der Waals surface area contributed by atoms with Gasteiger partial charge in [-0.1, -0.05) is 18.2 Å². The Bertz CT molecular complexity index is 140. The summed E-state index contributed by atoms with van der Waals surface area (Å²) in [5.74, 6) is 2.14. The molecule has 2 unspecified atom stereocenters. The molecule has 47 valence electrons. The average Bonchev–Trinajstić information content (AvgIpc) is 2.33. The zero-order valence-electron chi connectivity index (χ0n) is 5.21. The molecular weight excluding hydrogens is 128 g/mol. The van der Waals surface area contributed by atoms with Crippen LogP contribution in [-0.2, 0) is 0 Å². The number of thioether (sulfide) groups is 1. The fraction of sp³-hybridized carbons (Fsp3) is 0.500. The molecule has 1 fully saturated rings. The predicted molar refractivity (Wildman–Crippen MR) is 41.3 cm³/mol. The smallest absolute Gasteiger partial charge is 0.0293 e. The van der Waals surface area contributed by atoms with E-state index in [1.54, 1.807) is 0 Å². The molecule has 9 heavy (non-hydrogen) atoms. The highest BCUT2D eigenvalue weighted by Gasteiger charge is 2.24. The molecule has 0 aromatic heterocycles. The molecule has 0 amide bonds. The molecule has 2 rings (SSSR count). The first kappa shape index (κ1) is 5.60. The van der Waals surface area contributed by atoms with Gasteiger partial charge in [0.2, 0.25) is 0 Å². The van der Waals surface area contributed by atoms with Crippen molar-refractivity contribution in [1.29, 1.82) is 0 Å². The maximum Gasteiger partial charge on any atom is 0.0293 e. The quantitative estimate of drug-likeness (QED) is 0.492. The van der Waals surface area contributed by atoms with Crippen LogP contribution in [0.1, 0.15) is 6.42 Å². The van der Waals surface area contributed by atoms with Crippen LogP contribution in [0.5, 0.6) is 0 Å². The summed E-state index contributed by atoms with van der Waals surface area (Å²) in [6.45, 7) is 0. The molecule has 2 atom stereocenters. The van der Waals surface area contributed by atoms with Gasteiger partial charge in [0.1, 0.15) is 0 Å². The van der Waals surface area contributed by atoms with Crippen molar-refractivity contribution >= 4 is 11.8 Å². The zero-order valence-corrected chi connectivity index (χ0v) is 6.03. The Labute approximate surface area is 60.0 Å². The zero-order chi connectivity index (χ0) is 6.10. The second-order valence-electron chi connectivity index (χ2n) is 2.48. The molecule has 1 radical (unpaired) electrons. The third kappa shape index (κ3) is 0.940. The Morgan fingerprint density at radius 1 is 1.56 bits per heavy atom. The summed E-state index contributed by atoms with van der Waals surface area (Å²) in [5, 5.41) is 0.784. The van der Waals surface area contributed by atoms with Crippen LogP contribution >= 0.6 is 11.8 Å². The van der Waals surface area contributed by atoms with Crippen LogP contribution in [-0.4, -0.2) is 11.0 Å². The summed E-state index contributed by atoms with van der Waals surface area (Å²) in [5.41, 5.74) is 0. The summed E-state index contributed by atoms with van der Waals surface area (Å²) in [4.78, 5) is 0. The Hall–Kier alpha value is -0.170. The topological polar surface area (TPSA) is 0 Å². The van der Waals surface area contributed by atoms with Gasteiger partial charge in [-0.2, -0.15) is 11.8 Å². The van der Waals surface area contributed by atoms with Crippen molar-refractivity contribution in [2.24, 2.45) is 5.92 Å². The fourth-order valence-corrected chi connectivity index (χ4v) is 2.67. The van der Waals surface area contributed by atoms with Gasteiger partial charge in [0.15, 0.2) is 0 Å². The van der Waals surface area contributed by atoms with Gasteiger partial charge in [-0.25, -0.2) is 0 Å². The molecule has 1 heterocycles. The normalized spacial score (nSPS) is 39.1. The van der Waals surface area contributed by atoms with E-state index in [1.165, 1.54) is 12.2 Å². The van der Waals surface area contributed by atoms with E-state index in [9.17, 15) is 0 Å². The largest absolute Gasteiger partial charge is 0.154 e. The third-order valence-corrected chi connectivity index (χ3v) is 3.24. The monoisotopic (exact) mass is 137 g/mol. The van der Waals surface area contributed by atoms with Crippen molar-refractivity contribution in [2.45, 2.75) is 11.7 Å². The van der Waals surface area contributed by atoms with Crippen LogP contribution in [0.15, 0.2) is 18.2 Å². The van der Waals surface area contributed by atoms with Crippen molar-refractivity contribution in [3.8, 4) is 0 Å². The molecule has 0 nitrogen and oxygen atoms in total. The average molecular weight is 137 g/mol. The van der Waals surface area contributed by atoms with E-state index in [-0.39, 0.29) is 0 Å². The molecule has 0 bridgehead atoms. The predicted octanol–water partition coefficient (Wildman–Crippen LogP) is 2.04. The van der Waals surface area contributed by atoms with Crippen LogP contribution in [0.3, 0.4) is 0 Å². The van der Waals surface area contributed by atoms with Crippen molar-refractivity contribution in [2.75, 3.05) is 5.75 Å². The lowest BCUT2D eigenvalue weighted by molar-refractivity contribution is 0.681. The molecule has 0 saturated carbocycles. The lowest BCUT2D eigenvalue weighted by Crippen LogP contribution is -2.07. The number of rotatable bonds is 0. The van der Waals surface area contributed by atoms with Crippen LogP contribution in [0, 0.1) is 12.0 Å². The van der Waals surface area contributed by atoms with E-state index in [0.29, 0.717) is 0 Å². The first-order valence-corrected chi connectivity index (χ1v) is 4.39. The summed E-state index contributed by atoms with van der Waals surface area (Å²) >= 11 is 2.07. The highest BCUT2D eigenvalue weighted by molar-refractivity contribution is 8.00. The third-order valence-electron chi connectivity index (χ3n) is 1.88. The van der Waals surface area contributed by atoms with Gasteiger partial charge in [0.25, 0.3) is 0 Å². The Kier molecular flexibility index (Phi) is 1.38. The number of allylic oxidation sites excluding steroid dienone is 3. The molecular formula is C8H9S. The van der Waals surface area contributed by atoms with Gasteiger partial charge in [0.05, 0.1) is 0 Å². The first-order valence-electron chi connectivity index (χ1n) is 3.34. The molecule has 1 aliphatic heterocycles. The van der Waals surface area contributed by atoms with Crippen LogP contribution in [0.25, 0.3) is 0 Å². The van der Waals surface area contributed by atoms with Gasteiger partial charge >= 0.3 is 0 Å². The molecule has 1 heteroatoms. The number of hydrogen-bond acceptors (Lipinski definition) is 1.